The maximum atomic E-state index is 12.0. The van der Waals surface area contributed by atoms with Crippen molar-refractivity contribution in [3.8, 4) is 0 Å². The summed E-state index contributed by atoms with van der Waals surface area (Å²) in [5, 5.41) is 0. The van der Waals surface area contributed by atoms with Gasteiger partial charge in [0.05, 0.1) is 0 Å². The smallest absolute Gasteiger partial charge is 0.143 e. The molecule has 0 amide bonds. The van der Waals surface area contributed by atoms with Crippen molar-refractivity contribution in [1.82, 2.24) is 0 Å². The molecule has 15 heavy (non-hydrogen) atoms. The minimum absolute atomic E-state index is 0.310. The first-order valence-electron chi connectivity index (χ1n) is 6.49. The summed E-state index contributed by atoms with van der Waals surface area (Å²) < 4.78 is 17.7. The van der Waals surface area contributed by atoms with Crippen LogP contribution >= 0.6 is 8.03 Å². The molecule has 3 heteroatoms. The second-order valence-corrected chi connectivity index (χ2v) is 6.45. The summed E-state index contributed by atoms with van der Waals surface area (Å²) >= 11 is 0. The minimum atomic E-state index is -1.37. The molecular weight excluding hydrogens is 207 g/mol. The molecule has 0 radical (unpaired) electrons. The SMILES string of the molecule is O=[P+](OC1CCCCC1)C1CCCCC1. The predicted octanol–water partition coefficient (Wildman–Crippen LogP) is 4.41. The third-order valence-corrected chi connectivity index (χ3v) is 5.30. The van der Waals surface area contributed by atoms with Gasteiger partial charge in [-0.25, -0.2) is 0 Å². The second-order valence-electron chi connectivity index (χ2n) is 4.94. The van der Waals surface area contributed by atoms with Gasteiger partial charge in [0, 0.05) is 0 Å². The lowest BCUT2D eigenvalue weighted by Crippen LogP contribution is -2.16. The molecule has 1 atom stereocenters. The van der Waals surface area contributed by atoms with Crippen molar-refractivity contribution in [2.24, 2.45) is 0 Å². The molecule has 0 aliphatic heterocycles. The van der Waals surface area contributed by atoms with Crippen LogP contribution in [0.25, 0.3) is 0 Å². The fraction of sp³-hybridized carbons (Fsp3) is 1.00. The average Bonchev–Trinajstić information content (AvgIpc) is 2.31. The summed E-state index contributed by atoms with van der Waals surface area (Å²) in [4.78, 5) is 0. The zero-order valence-electron chi connectivity index (χ0n) is 9.49. The summed E-state index contributed by atoms with van der Waals surface area (Å²) in [6.45, 7) is 0. The summed E-state index contributed by atoms with van der Waals surface area (Å²) in [6.07, 6.45) is 12.5. The fourth-order valence-corrected chi connectivity index (χ4v) is 4.16. The van der Waals surface area contributed by atoms with Crippen LogP contribution in [0.1, 0.15) is 64.2 Å². The average molecular weight is 229 g/mol. The van der Waals surface area contributed by atoms with Crippen molar-refractivity contribution < 1.29 is 9.09 Å². The number of rotatable bonds is 3. The van der Waals surface area contributed by atoms with Crippen molar-refractivity contribution >= 4 is 8.03 Å². The Morgan fingerprint density at radius 3 is 1.93 bits per heavy atom. The molecule has 0 aromatic heterocycles. The van der Waals surface area contributed by atoms with Crippen LogP contribution < -0.4 is 0 Å². The van der Waals surface area contributed by atoms with E-state index in [1.165, 1.54) is 38.5 Å². The fourth-order valence-electron chi connectivity index (χ4n) is 2.70. The van der Waals surface area contributed by atoms with Crippen molar-refractivity contribution in [2.75, 3.05) is 0 Å². The lowest BCUT2D eigenvalue weighted by atomic mass is 9.98. The lowest BCUT2D eigenvalue weighted by molar-refractivity contribution is 0.161. The van der Waals surface area contributed by atoms with Crippen LogP contribution in [0.2, 0.25) is 0 Å². The Morgan fingerprint density at radius 1 is 0.800 bits per heavy atom. The molecule has 2 aliphatic rings. The van der Waals surface area contributed by atoms with Crippen molar-refractivity contribution in [3.05, 3.63) is 0 Å². The van der Waals surface area contributed by atoms with E-state index >= 15 is 0 Å². The van der Waals surface area contributed by atoms with Crippen molar-refractivity contribution in [3.63, 3.8) is 0 Å². The van der Waals surface area contributed by atoms with Crippen LogP contribution in [-0.2, 0) is 9.09 Å². The van der Waals surface area contributed by atoms with E-state index in [9.17, 15) is 4.57 Å². The van der Waals surface area contributed by atoms with Crippen LogP contribution in [0.4, 0.5) is 0 Å². The molecule has 0 bridgehead atoms. The molecule has 2 fully saturated rings. The number of hydrogen-bond donors (Lipinski definition) is 0. The highest BCUT2D eigenvalue weighted by molar-refractivity contribution is 7.40. The summed E-state index contributed by atoms with van der Waals surface area (Å²) in [5.41, 5.74) is 0.371. The van der Waals surface area contributed by atoms with E-state index in [1.54, 1.807) is 0 Å². The Bertz CT molecular complexity index is 206. The highest BCUT2D eigenvalue weighted by atomic mass is 31.1. The van der Waals surface area contributed by atoms with Gasteiger partial charge >= 0.3 is 8.03 Å². The van der Waals surface area contributed by atoms with E-state index in [-0.39, 0.29) is 0 Å². The molecule has 0 aromatic carbocycles. The molecule has 2 aliphatic carbocycles. The predicted molar refractivity (Wildman–Crippen MR) is 62.4 cm³/mol. The summed E-state index contributed by atoms with van der Waals surface area (Å²) in [5.74, 6) is 0. The third-order valence-electron chi connectivity index (χ3n) is 3.68. The maximum absolute atomic E-state index is 12.0. The van der Waals surface area contributed by atoms with E-state index in [0.717, 1.165) is 25.7 Å². The Labute approximate surface area is 93.6 Å². The first-order valence-corrected chi connectivity index (χ1v) is 7.74. The maximum Gasteiger partial charge on any atom is 0.511 e. The van der Waals surface area contributed by atoms with Gasteiger partial charge in [0.1, 0.15) is 6.10 Å². The molecule has 0 spiro atoms. The molecular formula is C12H22O2P+. The van der Waals surface area contributed by atoms with Gasteiger partial charge in [-0.3, -0.25) is 0 Å². The van der Waals surface area contributed by atoms with Gasteiger partial charge in [0.2, 0.25) is 0 Å². The van der Waals surface area contributed by atoms with Crippen LogP contribution in [-0.4, -0.2) is 11.8 Å². The summed E-state index contributed by atoms with van der Waals surface area (Å²) in [7, 11) is -1.37. The van der Waals surface area contributed by atoms with E-state index < -0.39 is 8.03 Å². The van der Waals surface area contributed by atoms with Crippen molar-refractivity contribution in [2.45, 2.75) is 76.0 Å². The molecule has 0 saturated heterocycles. The van der Waals surface area contributed by atoms with Gasteiger partial charge in [-0.1, -0.05) is 25.7 Å². The van der Waals surface area contributed by atoms with Gasteiger partial charge in [0.25, 0.3) is 0 Å². The third kappa shape index (κ3) is 3.53. The molecule has 0 aromatic rings. The van der Waals surface area contributed by atoms with Gasteiger partial charge in [-0.2, -0.15) is 0 Å². The zero-order chi connectivity index (χ0) is 10.5. The van der Waals surface area contributed by atoms with E-state index in [0.29, 0.717) is 11.8 Å². The number of hydrogen-bond acceptors (Lipinski definition) is 2. The lowest BCUT2D eigenvalue weighted by Gasteiger charge is -2.18. The first-order chi connectivity index (χ1) is 7.36. The largest absolute Gasteiger partial charge is 0.511 e. The van der Waals surface area contributed by atoms with Crippen molar-refractivity contribution in [1.29, 1.82) is 0 Å². The molecule has 1 unspecified atom stereocenters. The van der Waals surface area contributed by atoms with Gasteiger partial charge in [-0.05, 0) is 43.1 Å². The molecule has 2 saturated carbocycles. The van der Waals surface area contributed by atoms with Crippen LogP contribution in [0.3, 0.4) is 0 Å². The standard InChI is InChI=1S/C12H22O2P/c13-15(12-9-5-2-6-10-12)14-11-7-3-1-4-8-11/h11-12H,1-10H2/q+1. The highest BCUT2D eigenvalue weighted by Gasteiger charge is 2.36. The quantitative estimate of drug-likeness (QED) is 0.670. The van der Waals surface area contributed by atoms with Gasteiger partial charge in [-0.15, -0.1) is 4.52 Å². The van der Waals surface area contributed by atoms with E-state index in [1.807, 2.05) is 0 Å². The van der Waals surface area contributed by atoms with E-state index in [2.05, 4.69) is 0 Å². The van der Waals surface area contributed by atoms with E-state index in [4.69, 9.17) is 4.52 Å². The molecule has 2 nitrogen and oxygen atoms in total. The van der Waals surface area contributed by atoms with Crippen LogP contribution in [0, 0.1) is 0 Å². The monoisotopic (exact) mass is 229 g/mol. The Hall–Kier alpha value is 0.0600. The normalized spacial score (nSPS) is 26.5. The Morgan fingerprint density at radius 2 is 1.33 bits per heavy atom. The molecule has 86 valence electrons. The van der Waals surface area contributed by atoms with Gasteiger partial charge in [0.15, 0.2) is 5.66 Å². The zero-order valence-corrected chi connectivity index (χ0v) is 10.4. The summed E-state index contributed by atoms with van der Waals surface area (Å²) in [6, 6.07) is 0. The molecule has 0 N–H and O–H groups in total. The second kappa shape index (κ2) is 5.96. The Kier molecular flexibility index (Phi) is 4.59. The van der Waals surface area contributed by atoms with Gasteiger partial charge < -0.3 is 0 Å². The Balaban J connectivity index is 1.74. The highest BCUT2D eigenvalue weighted by Crippen LogP contribution is 2.42. The van der Waals surface area contributed by atoms with Crippen LogP contribution in [0.15, 0.2) is 0 Å². The minimum Gasteiger partial charge on any atom is -0.143 e. The molecule has 2 rings (SSSR count). The van der Waals surface area contributed by atoms with Crippen LogP contribution in [0.5, 0.6) is 0 Å². The first kappa shape index (κ1) is 11.5. The topological polar surface area (TPSA) is 26.3 Å². The molecule has 0 heterocycles.